The van der Waals surface area contributed by atoms with Crippen LogP contribution in [0.15, 0.2) is 42.5 Å². The summed E-state index contributed by atoms with van der Waals surface area (Å²) >= 11 is 6.17. The molecule has 0 unspecified atom stereocenters. The first kappa shape index (κ1) is 17.6. The van der Waals surface area contributed by atoms with Gasteiger partial charge in [-0.3, -0.25) is 4.79 Å². The van der Waals surface area contributed by atoms with Crippen LogP contribution in [0.2, 0.25) is 5.02 Å². The molecule has 0 saturated heterocycles. The third-order valence-electron chi connectivity index (χ3n) is 4.43. The highest BCUT2D eigenvalue weighted by Gasteiger charge is 2.28. The Kier molecular flexibility index (Phi) is 4.63. The number of carbonyl (C=O) groups excluding carboxylic acids is 1. The molecule has 1 N–H and O–H groups in total. The molecule has 0 aliphatic carbocycles. The Morgan fingerprint density at radius 3 is 2.81 bits per heavy atom. The number of hydrogen-bond acceptors (Lipinski definition) is 4. The molecule has 1 amide bonds. The topological polar surface area (TPSA) is 69.0 Å². The standard InChI is InChI=1S/C19H16ClFN4O2/c1-11-2-7-15(14(20)8-11)22-19(26)18-16-10-27-17(9-25(16)24-23-18)12-3-5-13(21)6-4-12/h2-8,17H,9-10H2,1H3,(H,22,26)/t17-/m0/s1. The van der Waals surface area contributed by atoms with Gasteiger partial charge in [0.2, 0.25) is 0 Å². The lowest BCUT2D eigenvalue weighted by Crippen LogP contribution is -2.24. The number of carbonyl (C=O) groups is 1. The monoisotopic (exact) mass is 386 g/mol. The summed E-state index contributed by atoms with van der Waals surface area (Å²) in [5.41, 5.74) is 3.14. The number of benzene rings is 2. The molecular weight excluding hydrogens is 371 g/mol. The molecule has 8 heteroatoms. The Morgan fingerprint density at radius 1 is 1.30 bits per heavy atom. The van der Waals surface area contributed by atoms with Gasteiger partial charge in [-0.15, -0.1) is 5.10 Å². The average molecular weight is 387 g/mol. The van der Waals surface area contributed by atoms with E-state index in [1.807, 2.05) is 13.0 Å². The minimum Gasteiger partial charge on any atom is -0.365 e. The smallest absolute Gasteiger partial charge is 0.278 e. The lowest BCUT2D eigenvalue weighted by atomic mass is 10.1. The zero-order chi connectivity index (χ0) is 19.0. The highest BCUT2D eigenvalue weighted by Crippen LogP contribution is 2.28. The number of aromatic nitrogens is 3. The summed E-state index contributed by atoms with van der Waals surface area (Å²) in [4.78, 5) is 12.6. The molecule has 1 aliphatic rings. The molecule has 138 valence electrons. The van der Waals surface area contributed by atoms with Crippen LogP contribution in [0.25, 0.3) is 0 Å². The van der Waals surface area contributed by atoms with Crippen molar-refractivity contribution in [2.75, 3.05) is 5.32 Å². The van der Waals surface area contributed by atoms with E-state index in [1.165, 1.54) is 12.1 Å². The summed E-state index contributed by atoms with van der Waals surface area (Å²) in [6.07, 6.45) is -0.276. The molecule has 0 fully saturated rings. The Morgan fingerprint density at radius 2 is 2.07 bits per heavy atom. The fraction of sp³-hybridized carbons (Fsp3) is 0.211. The molecule has 27 heavy (non-hydrogen) atoms. The Balaban J connectivity index is 1.52. The molecule has 1 aliphatic heterocycles. The molecular formula is C19H16ClFN4O2. The van der Waals surface area contributed by atoms with Crippen molar-refractivity contribution in [2.45, 2.75) is 26.2 Å². The molecule has 2 heterocycles. The van der Waals surface area contributed by atoms with Gasteiger partial charge in [-0.2, -0.15) is 0 Å². The van der Waals surface area contributed by atoms with Crippen molar-refractivity contribution in [1.82, 2.24) is 15.0 Å². The first-order chi connectivity index (χ1) is 13.0. The summed E-state index contributed by atoms with van der Waals surface area (Å²) in [6, 6.07) is 11.5. The van der Waals surface area contributed by atoms with Crippen molar-refractivity contribution < 1.29 is 13.9 Å². The second kappa shape index (κ2) is 7.09. The van der Waals surface area contributed by atoms with Crippen LogP contribution in [0.1, 0.15) is 33.4 Å². The van der Waals surface area contributed by atoms with E-state index < -0.39 is 5.91 Å². The van der Waals surface area contributed by atoms with Crippen molar-refractivity contribution in [3.05, 3.63) is 75.8 Å². The molecule has 3 aromatic rings. The maximum Gasteiger partial charge on any atom is 0.278 e. The lowest BCUT2D eigenvalue weighted by Gasteiger charge is -2.24. The van der Waals surface area contributed by atoms with Crippen LogP contribution in [0.5, 0.6) is 0 Å². The molecule has 0 spiro atoms. The van der Waals surface area contributed by atoms with E-state index in [4.69, 9.17) is 16.3 Å². The molecule has 2 aromatic carbocycles. The van der Waals surface area contributed by atoms with Gasteiger partial charge in [0.05, 0.1) is 29.6 Å². The van der Waals surface area contributed by atoms with Gasteiger partial charge < -0.3 is 10.1 Å². The normalized spacial score (nSPS) is 16.0. The predicted molar refractivity (Wildman–Crippen MR) is 98.1 cm³/mol. The zero-order valence-electron chi connectivity index (χ0n) is 14.4. The minimum atomic E-state index is -0.397. The Labute approximate surface area is 159 Å². The number of anilines is 1. The van der Waals surface area contributed by atoms with Crippen LogP contribution in [-0.4, -0.2) is 20.9 Å². The quantitative estimate of drug-likeness (QED) is 0.741. The number of nitrogens with zero attached hydrogens (tertiary/aromatic N) is 3. The van der Waals surface area contributed by atoms with E-state index in [0.29, 0.717) is 22.9 Å². The van der Waals surface area contributed by atoms with E-state index in [0.717, 1.165) is 11.1 Å². The van der Waals surface area contributed by atoms with E-state index >= 15 is 0 Å². The molecule has 0 bridgehead atoms. The van der Waals surface area contributed by atoms with E-state index in [9.17, 15) is 9.18 Å². The number of amides is 1. The number of ether oxygens (including phenoxy) is 1. The van der Waals surface area contributed by atoms with E-state index in [2.05, 4.69) is 15.6 Å². The lowest BCUT2D eigenvalue weighted by molar-refractivity contribution is -0.00174. The van der Waals surface area contributed by atoms with Crippen molar-refractivity contribution in [2.24, 2.45) is 0 Å². The molecule has 4 rings (SSSR count). The van der Waals surface area contributed by atoms with E-state index in [1.54, 1.807) is 28.9 Å². The SMILES string of the molecule is Cc1ccc(NC(=O)c2nnn3c2CO[C@H](c2ccc(F)cc2)C3)c(Cl)c1. The van der Waals surface area contributed by atoms with Gasteiger partial charge in [0, 0.05) is 0 Å². The maximum absolute atomic E-state index is 13.1. The van der Waals surface area contributed by atoms with Gasteiger partial charge in [0.15, 0.2) is 5.69 Å². The summed E-state index contributed by atoms with van der Waals surface area (Å²) in [5, 5.41) is 11.3. The van der Waals surface area contributed by atoms with Crippen molar-refractivity contribution >= 4 is 23.2 Å². The number of nitrogens with one attached hydrogen (secondary N) is 1. The van der Waals surface area contributed by atoms with Gasteiger partial charge >= 0.3 is 0 Å². The average Bonchev–Trinajstić information content (AvgIpc) is 3.08. The number of rotatable bonds is 3. The fourth-order valence-corrected chi connectivity index (χ4v) is 3.25. The third kappa shape index (κ3) is 3.56. The first-order valence-electron chi connectivity index (χ1n) is 8.38. The second-order valence-corrected chi connectivity index (χ2v) is 6.76. The number of aryl methyl sites for hydroxylation is 1. The largest absolute Gasteiger partial charge is 0.365 e. The number of halogens is 2. The molecule has 1 aromatic heterocycles. The number of fused-ring (bicyclic) bond motifs is 1. The molecule has 6 nitrogen and oxygen atoms in total. The fourth-order valence-electron chi connectivity index (χ4n) is 2.97. The van der Waals surface area contributed by atoms with Gasteiger partial charge in [-0.05, 0) is 42.3 Å². The van der Waals surface area contributed by atoms with Crippen LogP contribution >= 0.6 is 11.6 Å². The van der Waals surface area contributed by atoms with Crippen molar-refractivity contribution in [1.29, 1.82) is 0 Å². The van der Waals surface area contributed by atoms with Gasteiger partial charge in [-0.25, -0.2) is 9.07 Å². The predicted octanol–water partition coefficient (Wildman–Crippen LogP) is 3.90. The van der Waals surface area contributed by atoms with Crippen LogP contribution in [0.4, 0.5) is 10.1 Å². The molecule has 0 saturated carbocycles. The van der Waals surface area contributed by atoms with Crippen LogP contribution < -0.4 is 5.32 Å². The maximum atomic E-state index is 13.1. The van der Waals surface area contributed by atoms with Gasteiger partial charge in [0.1, 0.15) is 11.9 Å². The zero-order valence-corrected chi connectivity index (χ0v) is 15.2. The first-order valence-corrected chi connectivity index (χ1v) is 8.76. The van der Waals surface area contributed by atoms with Crippen LogP contribution in [0, 0.1) is 12.7 Å². The molecule has 1 atom stereocenters. The highest BCUT2D eigenvalue weighted by atomic mass is 35.5. The van der Waals surface area contributed by atoms with Crippen molar-refractivity contribution in [3.63, 3.8) is 0 Å². The summed E-state index contributed by atoms with van der Waals surface area (Å²) < 4.78 is 20.6. The van der Waals surface area contributed by atoms with E-state index in [-0.39, 0.29) is 24.2 Å². The summed E-state index contributed by atoms with van der Waals surface area (Å²) in [7, 11) is 0. The highest BCUT2D eigenvalue weighted by molar-refractivity contribution is 6.34. The summed E-state index contributed by atoms with van der Waals surface area (Å²) in [6.45, 7) is 2.49. The third-order valence-corrected chi connectivity index (χ3v) is 4.74. The summed E-state index contributed by atoms with van der Waals surface area (Å²) in [5.74, 6) is -0.699. The molecule has 0 radical (unpaired) electrons. The van der Waals surface area contributed by atoms with Gasteiger partial charge in [0.25, 0.3) is 5.91 Å². The second-order valence-electron chi connectivity index (χ2n) is 6.36. The van der Waals surface area contributed by atoms with Crippen molar-refractivity contribution in [3.8, 4) is 0 Å². The van der Waals surface area contributed by atoms with Crippen LogP contribution in [0.3, 0.4) is 0 Å². The number of hydrogen-bond donors (Lipinski definition) is 1. The minimum absolute atomic E-state index is 0.180. The Bertz CT molecular complexity index is 1000. The van der Waals surface area contributed by atoms with Gasteiger partial charge in [-0.1, -0.05) is 35.0 Å². The van der Waals surface area contributed by atoms with Crippen LogP contribution in [-0.2, 0) is 17.9 Å². The Hall–Kier alpha value is -2.77.